The Labute approximate surface area is 114 Å². The first-order valence-corrected chi connectivity index (χ1v) is 5.92. The summed E-state index contributed by atoms with van der Waals surface area (Å²) >= 11 is 0. The van der Waals surface area contributed by atoms with Gasteiger partial charge in [-0.05, 0) is 23.4 Å². The molecule has 0 spiro atoms. The van der Waals surface area contributed by atoms with Gasteiger partial charge in [0, 0.05) is 5.56 Å². The first-order valence-electron chi connectivity index (χ1n) is 5.92. The van der Waals surface area contributed by atoms with Gasteiger partial charge >= 0.3 is 5.97 Å². The maximum absolute atomic E-state index is 14.0. The van der Waals surface area contributed by atoms with E-state index in [2.05, 4.69) is 15.5 Å². The summed E-state index contributed by atoms with van der Waals surface area (Å²) in [6, 6.07) is 4.71. The summed E-state index contributed by atoms with van der Waals surface area (Å²) in [5.74, 6) is -1.12. The summed E-state index contributed by atoms with van der Waals surface area (Å²) in [4.78, 5) is 11.6. The molecular formula is C12H13FN4O3. The van der Waals surface area contributed by atoms with Crippen LogP contribution >= 0.6 is 0 Å². The lowest BCUT2D eigenvalue weighted by atomic mass is 10.2. The fourth-order valence-corrected chi connectivity index (χ4v) is 1.65. The Morgan fingerprint density at radius 1 is 1.45 bits per heavy atom. The van der Waals surface area contributed by atoms with Crippen molar-refractivity contribution in [1.29, 1.82) is 0 Å². The van der Waals surface area contributed by atoms with Crippen molar-refractivity contribution in [2.75, 3.05) is 13.7 Å². The van der Waals surface area contributed by atoms with E-state index < -0.39 is 11.8 Å². The molecule has 0 saturated carbocycles. The van der Waals surface area contributed by atoms with E-state index in [1.807, 2.05) is 0 Å². The van der Waals surface area contributed by atoms with Gasteiger partial charge in [-0.25, -0.2) is 13.9 Å². The van der Waals surface area contributed by atoms with Crippen LogP contribution in [0.1, 0.15) is 23.1 Å². The molecule has 2 rings (SSSR count). The number of carbonyl (C=O) groups is 1. The monoisotopic (exact) mass is 280 g/mol. The average Bonchev–Trinajstić information content (AvgIpc) is 2.90. The van der Waals surface area contributed by atoms with Crippen LogP contribution in [0.4, 0.5) is 4.39 Å². The Morgan fingerprint density at radius 3 is 2.95 bits per heavy atom. The van der Waals surface area contributed by atoms with E-state index in [0.717, 1.165) is 0 Å². The molecule has 106 valence electrons. The van der Waals surface area contributed by atoms with Gasteiger partial charge in [0.25, 0.3) is 5.82 Å². The molecule has 8 heteroatoms. The van der Waals surface area contributed by atoms with Gasteiger partial charge in [0.05, 0.1) is 20.3 Å². The number of hydrogen-bond donors (Lipinski definition) is 0. The van der Waals surface area contributed by atoms with Crippen LogP contribution in [0.25, 0.3) is 0 Å². The fraction of sp³-hybridized carbons (Fsp3) is 0.333. The first-order chi connectivity index (χ1) is 9.67. The highest BCUT2D eigenvalue weighted by Crippen LogP contribution is 2.20. The molecule has 0 aliphatic heterocycles. The fourth-order valence-electron chi connectivity index (χ4n) is 1.65. The number of methoxy groups -OCH3 is 1. The molecule has 0 unspecified atom stereocenters. The third kappa shape index (κ3) is 2.73. The molecule has 1 heterocycles. The summed E-state index contributed by atoms with van der Waals surface area (Å²) in [5.41, 5.74) is 0.308. The molecule has 20 heavy (non-hydrogen) atoms. The van der Waals surface area contributed by atoms with Gasteiger partial charge in [-0.3, -0.25) is 0 Å². The largest absolute Gasteiger partial charge is 0.494 e. The van der Waals surface area contributed by atoms with Gasteiger partial charge in [0.2, 0.25) is 0 Å². The Balaban J connectivity index is 2.27. The average molecular weight is 280 g/mol. The molecule has 2 aromatic rings. The normalized spacial score (nSPS) is 10.3. The molecule has 0 aliphatic carbocycles. The number of benzene rings is 1. The van der Waals surface area contributed by atoms with Crippen molar-refractivity contribution >= 4 is 5.97 Å². The number of halogens is 1. The third-order valence-electron chi connectivity index (χ3n) is 2.57. The summed E-state index contributed by atoms with van der Waals surface area (Å²) in [7, 11) is 1.38. The predicted octanol–water partition coefficient (Wildman–Crippen LogP) is 1.05. The molecule has 0 fully saturated rings. The maximum Gasteiger partial charge on any atom is 0.378 e. The molecule has 1 aromatic heterocycles. The van der Waals surface area contributed by atoms with E-state index in [1.165, 1.54) is 17.9 Å². The number of rotatable bonds is 5. The van der Waals surface area contributed by atoms with E-state index in [-0.39, 0.29) is 24.7 Å². The van der Waals surface area contributed by atoms with Crippen LogP contribution in [0.15, 0.2) is 18.2 Å². The maximum atomic E-state index is 14.0. The Bertz CT molecular complexity index is 614. The summed E-state index contributed by atoms with van der Waals surface area (Å²) in [6.07, 6.45) is 0. The van der Waals surface area contributed by atoms with Crippen molar-refractivity contribution in [3.05, 3.63) is 35.4 Å². The molecule has 0 N–H and O–H groups in total. The van der Waals surface area contributed by atoms with Crippen LogP contribution in [0.2, 0.25) is 0 Å². The lowest BCUT2D eigenvalue weighted by molar-refractivity contribution is 0.0505. The number of tetrazole rings is 1. The van der Waals surface area contributed by atoms with E-state index in [0.29, 0.717) is 5.56 Å². The first kappa shape index (κ1) is 13.9. The predicted molar refractivity (Wildman–Crippen MR) is 65.8 cm³/mol. The number of aromatic nitrogens is 4. The lowest BCUT2D eigenvalue weighted by Gasteiger charge is -2.08. The summed E-state index contributed by atoms with van der Waals surface area (Å²) in [5, 5.41) is 10.6. The van der Waals surface area contributed by atoms with Gasteiger partial charge in [0.15, 0.2) is 11.6 Å². The van der Waals surface area contributed by atoms with Crippen LogP contribution < -0.4 is 4.74 Å². The van der Waals surface area contributed by atoms with Crippen molar-refractivity contribution in [2.24, 2.45) is 0 Å². The minimum absolute atomic E-state index is 0.00415. The third-order valence-corrected chi connectivity index (χ3v) is 2.57. The zero-order valence-corrected chi connectivity index (χ0v) is 11.0. The van der Waals surface area contributed by atoms with Gasteiger partial charge < -0.3 is 9.47 Å². The van der Waals surface area contributed by atoms with Crippen molar-refractivity contribution in [3.63, 3.8) is 0 Å². The Hall–Kier alpha value is -2.51. The number of esters is 1. The number of nitrogens with zero attached hydrogens (tertiary/aromatic N) is 4. The molecule has 0 saturated heterocycles. The van der Waals surface area contributed by atoms with E-state index in [1.54, 1.807) is 19.1 Å². The highest BCUT2D eigenvalue weighted by Gasteiger charge is 2.18. The zero-order valence-electron chi connectivity index (χ0n) is 11.0. The lowest BCUT2D eigenvalue weighted by Crippen LogP contribution is -2.15. The molecule has 0 atom stereocenters. The van der Waals surface area contributed by atoms with Gasteiger partial charge in [-0.15, -0.1) is 5.10 Å². The molecule has 0 bridgehead atoms. The van der Waals surface area contributed by atoms with E-state index in [9.17, 15) is 9.18 Å². The molecule has 0 radical (unpaired) electrons. The molecule has 0 amide bonds. The Kier molecular flexibility index (Phi) is 4.24. The van der Waals surface area contributed by atoms with Crippen LogP contribution in [-0.4, -0.2) is 39.9 Å². The zero-order chi connectivity index (χ0) is 14.5. The second kappa shape index (κ2) is 6.09. The molecular weight excluding hydrogens is 267 g/mol. The van der Waals surface area contributed by atoms with E-state index >= 15 is 0 Å². The SMILES string of the molecule is CCOC(=O)c1nnnn1Cc1cccc(OC)c1F. The highest BCUT2D eigenvalue weighted by atomic mass is 19.1. The van der Waals surface area contributed by atoms with Crippen molar-refractivity contribution in [1.82, 2.24) is 20.2 Å². The van der Waals surface area contributed by atoms with Gasteiger partial charge in [-0.2, -0.15) is 0 Å². The van der Waals surface area contributed by atoms with Gasteiger partial charge in [0.1, 0.15) is 0 Å². The molecule has 7 nitrogen and oxygen atoms in total. The van der Waals surface area contributed by atoms with Crippen LogP contribution in [0, 0.1) is 5.82 Å². The summed E-state index contributed by atoms with van der Waals surface area (Å²) in [6.45, 7) is 1.89. The standard InChI is InChI=1S/C12H13FN4O3/c1-3-20-12(18)11-14-15-16-17(11)7-8-5-4-6-9(19-2)10(8)13/h4-6H,3,7H2,1-2H3. The minimum Gasteiger partial charge on any atom is -0.494 e. The van der Waals surface area contributed by atoms with Crippen molar-refractivity contribution in [3.8, 4) is 5.75 Å². The van der Waals surface area contributed by atoms with Gasteiger partial charge in [-0.1, -0.05) is 12.1 Å². The van der Waals surface area contributed by atoms with Crippen molar-refractivity contribution in [2.45, 2.75) is 13.5 Å². The van der Waals surface area contributed by atoms with Crippen molar-refractivity contribution < 1.29 is 18.7 Å². The second-order valence-corrected chi connectivity index (χ2v) is 3.81. The topological polar surface area (TPSA) is 79.1 Å². The Morgan fingerprint density at radius 2 is 2.25 bits per heavy atom. The second-order valence-electron chi connectivity index (χ2n) is 3.81. The van der Waals surface area contributed by atoms with E-state index in [4.69, 9.17) is 9.47 Å². The molecule has 1 aromatic carbocycles. The quantitative estimate of drug-likeness (QED) is 0.761. The summed E-state index contributed by atoms with van der Waals surface area (Å²) < 4.78 is 24.9. The number of carbonyl (C=O) groups excluding carboxylic acids is 1. The van der Waals surface area contributed by atoms with Crippen LogP contribution in [0.5, 0.6) is 5.75 Å². The number of ether oxygens (including phenoxy) is 2. The molecule has 0 aliphatic rings. The number of hydrogen-bond acceptors (Lipinski definition) is 6. The minimum atomic E-state index is -0.652. The smallest absolute Gasteiger partial charge is 0.378 e. The highest BCUT2D eigenvalue weighted by molar-refractivity contribution is 5.85. The van der Waals surface area contributed by atoms with Crippen LogP contribution in [-0.2, 0) is 11.3 Å². The van der Waals surface area contributed by atoms with Crippen LogP contribution in [0.3, 0.4) is 0 Å².